The average Bonchev–Trinajstić information content (AvgIpc) is 3.30. The number of hydrogen-bond donors (Lipinski definition) is 1. The lowest BCUT2D eigenvalue weighted by atomic mass is 10.1. The zero-order valence-corrected chi connectivity index (χ0v) is 18.7. The predicted octanol–water partition coefficient (Wildman–Crippen LogP) is 5.02. The van der Waals surface area contributed by atoms with Gasteiger partial charge in [0, 0.05) is 28.3 Å². The minimum absolute atomic E-state index is 0.0978. The Morgan fingerprint density at radius 3 is 2.54 bits per heavy atom. The summed E-state index contributed by atoms with van der Waals surface area (Å²) in [5.74, 6) is 5.81. The number of thiophene rings is 1. The molecule has 1 aliphatic heterocycles. The molecule has 0 saturated carbocycles. The summed E-state index contributed by atoms with van der Waals surface area (Å²) in [6, 6.07) is 11.7. The molecule has 0 fully saturated rings. The van der Waals surface area contributed by atoms with Gasteiger partial charge in [-0.25, -0.2) is 0 Å². The molecule has 28 heavy (non-hydrogen) atoms. The van der Waals surface area contributed by atoms with Crippen LogP contribution < -0.4 is 0 Å². The maximum atomic E-state index is 10.5. The molecule has 0 amide bonds. The zero-order valence-electron chi connectivity index (χ0n) is 15.5. The first-order chi connectivity index (χ1) is 13.5. The highest BCUT2D eigenvalue weighted by molar-refractivity contribution is 9.10. The van der Waals surface area contributed by atoms with E-state index in [0.29, 0.717) is 26.4 Å². The van der Waals surface area contributed by atoms with Crippen LogP contribution in [0, 0.1) is 11.8 Å². The van der Waals surface area contributed by atoms with E-state index in [0.717, 1.165) is 19.2 Å². The fraction of sp³-hybridized carbons (Fsp3) is 0.333. The average molecular weight is 482 g/mol. The first kappa shape index (κ1) is 21.2. The zero-order chi connectivity index (χ0) is 19.9. The molecule has 1 N–H and O–H groups in total. The van der Waals surface area contributed by atoms with Gasteiger partial charge in [-0.05, 0) is 36.8 Å². The Morgan fingerprint density at radius 2 is 1.89 bits per heavy atom. The van der Waals surface area contributed by atoms with Crippen LogP contribution in [0.4, 0.5) is 0 Å². The van der Waals surface area contributed by atoms with Crippen LogP contribution in [0.5, 0.6) is 0 Å². The van der Waals surface area contributed by atoms with E-state index in [1.165, 1.54) is 11.3 Å². The van der Waals surface area contributed by atoms with Crippen molar-refractivity contribution in [2.24, 2.45) is 0 Å². The van der Waals surface area contributed by atoms with Gasteiger partial charge < -0.3 is 19.6 Å². The summed E-state index contributed by atoms with van der Waals surface area (Å²) in [6.07, 6.45) is 3.40. The number of ether oxygens (including phenoxy) is 1. The van der Waals surface area contributed by atoms with Gasteiger partial charge in [-0.1, -0.05) is 45.6 Å². The van der Waals surface area contributed by atoms with Crippen LogP contribution in [0.15, 0.2) is 53.3 Å². The smallest absolute Gasteiger partial charge is 0.110 e. The number of halogens is 2. The van der Waals surface area contributed by atoms with E-state index in [4.69, 9.17) is 16.3 Å². The molecular weight excluding hydrogens is 460 g/mol. The van der Waals surface area contributed by atoms with E-state index in [2.05, 4.69) is 37.6 Å². The molecule has 1 aromatic carbocycles. The summed E-state index contributed by atoms with van der Waals surface area (Å²) < 4.78 is 7.73. The van der Waals surface area contributed by atoms with Gasteiger partial charge in [0.15, 0.2) is 0 Å². The van der Waals surface area contributed by atoms with Crippen LogP contribution in [-0.4, -0.2) is 41.3 Å². The SMILES string of the molecule is CC#CCOC(CN1C=CN(CC(O)c2ccc(Br)cc2)C1)c1ccc(Cl)s1. The number of aliphatic hydroxyl groups is 1. The number of aliphatic hydroxyl groups excluding tert-OH is 1. The van der Waals surface area contributed by atoms with Crippen molar-refractivity contribution < 1.29 is 9.84 Å². The fourth-order valence-electron chi connectivity index (χ4n) is 2.92. The molecule has 1 aromatic heterocycles. The molecule has 4 nitrogen and oxygen atoms in total. The third-order valence-corrected chi connectivity index (χ3v) is 6.21. The highest BCUT2D eigenvalue weighted by Crippen LogP contribution is 2.30. The monoisotopic (exact) mass is 480 g/mol. The summed E-state index contributed by atoms with van der Waals surface area (Å²) in [5, 5.41) is 10.5. The molecule has 0 bridgehead atoms. The van der Waals surface area contributed by atoms with E-state index < -0.39 is 6.10 Å². The standard InChI is InChI=1S/C21H22BrClN2O2S/c1-2-3-12-27-19(20-8-9-21(23)28-20)14-25-11-10-24(15-25)13-18(26)16-4-6-17(22)7-5-16/h4-11,18-19,26H,12-15H2,1H3. The molecular formula is C21H22BrClN2O2S. The van der Waals surface area contributed by atoms with E-state index >= 15 is 0 Å². The van der Waals surface area contributed by atoms with Gasteiger partial charge in [0.25, 0.3) is 0 Å². The lowest BCUT2D eigenvalue weighted by molar-refractivity contribution is 0.0502. The van der Waals surface area contributed by atoms with Crippen LogP contribution in [-0.2, 0) is 4.74 Å². The molecule has 0 saturated heterocycles. The lowest BCUT2D eigenvalue weighted by Gasteiger charge is -2.26. The van der Waals surface area contributed by atoms with Gasteiger partial charge in [0.1, 0.15) is 12.7 Å². The summed E-state index contributed by atoms with van der Waals surface area (Å²) in [7, 11) is 0. The van der Waals surface area contributed by atoms with Crippen LogP contribution in [0.1, 0.15) is 29.6 Å². The summed E-state index contributed by atoms with van der Waals surface area (Å²) in [6.45, 7) is 4.13. The van der Waals surface area contributed by atoms with Gasteiger partial charge in [0.2, 0.25) is 0 Å². The Hall–Kier alpha value is -1.49. The molecule has 2 aromatic rings. The highest BCUT2D eigenvalue weighted by atomic mass is 79.9. The molecule has 2 unspecified atom stereocenters. The molecule has 0 spiro atoms. The topological polar surface area (TPSA) is 35.9 Å². The van der Waals surface area contributed by atoms with Crippen molar-refractivity contribution in [3.63, 3.8) is 0 Å². The van der Waals surface area contributed by atoms with Crippen molar-refractivity contribution in [3.8, 4) is 11.8 Å². The molecule has 0 aliphatic carbocycles. The Balaban J connectivity index is 1.56. The number of rotatable bonds is 8. The molecule has 0 radical (unpaired) electrons. The van der Waals surface area contributed by atoms with Gasteiger partial charge >= 0.3 is 0 Å². The normalized spacial score (nSPS) is 15.4. The Labute approximate surface area is 183 Å². The number of β-amino-alcohol motifs (C(OH)–C–C–N with tert-alkyl or cyclic N) is 1. The predicted molar refractivity (Wildman–Crippen MR) is 118 cm³/mol. The van der Waals surface area contributed by atoms with Crippen LogP contribution in [0.2, 0.25) is 4.34 Å². The fourth-order valence-corrected chi connectivity index (χ4v) is 4.29. The third-order valence-electron chi connectivity index (χ3n) is 4.36. The van der Waals surface area contributed by atoms with Crippen LogP contribution in [0.3, 0.4) is 0 Å². The maximum absolute atomic E-state index is 10.5. The first-order valence-electron chi connectivity index (χ1n) is 8.91. The largest absolute Gasteiger partial charge is 0.387 e. The van der Waals surface area contributed by atoms with Crippen molar-refractivity contribution in [2.75, 3.05) is 26.4 Å². The number of benzene rings is 1. The summed E-state index contributed by atoms with van der Waals surface area (Å²) in [5.41, 5.74) is 0.905. The van der Waals surface area contributed by atoms with Crippen molar-refractivity contribution >= 4 is 38.9 Å². The first-order valence-corrected chi connectivity index (χ1v) is 10.9. The molecule has 2 heterocycles. The quantitative estimate of drug-likeness (QED) is 0.537. The van der Waals surface area contributed by atoms with Crippen LogP contribution in [0.25, 0.3) is 0 Å². The molecule has 7 heteroatoms. The molecule has 148 valence electrons. The third kappa shape index (κ3) is 6.00. The van der Waals surface area contributed by atoms with Gasteiger partial charge in [0.05, 0.1) is 23.7 Å². The van der Waals surface area contributed by atoms with Gasteiger partial charge in [-0.15, -0.1) is 17.3 Å². The Bertz CT molecular complexity index is 859. The van der Waals surface area contributed by atoms with E-state index in [9.17, 15) is 5.11 Å². The van der Waals surface area contributed by atoms with Gasteiger partial charge in [-0.3, -0.25) is 0 Å². The number of hydrogen-bond acceptors (Lipinski definition) is 5. The van der Waals surface area contributed by atoms with E-state index in [-0.39, 0.29) is 6.10 Å². The second-order valence-electron chi connectivity index (χ2n) is 6.42. The van der Waals surface area contributed by atoms with Crippen molar-refractivity contribution in [1.82, 2.24) is 9.80 Å². The lowest BCUT2D eigenvalue weighted by Crippen LogP contribution is -2.31. The minimum Gasteiger partial charge on any atom is -0.387 e. The second kappa shape index (κ2) is 10.3. The molecule has 3 rings (SSSR count). The Morgan fingerprint density at radius 1 is 1.18 bits per heavy atom. The van der Waals surface area contributed by atoms with Crippen molar-refractivity contribution in [3.05, 3.63) is 68.0 Å². The summed E-state index contributed by atoms with van der Waals surface area (Å²) >= 11 is 11.0. The summed E-state index contributed by atoms with van der Waals surface area (Å²) in [4.78, 5) is 5.35. The molecule has 1 aliphatic rings. The van der Waals surface area contributed by atoms with Gasteiger partial charge in [-0.2, -0.15) is 0 Å². The van der Waals surface area contributed by atoms with Crippen molar-refractivity contribution in [1.29, 1.82) is 0 Å². The molecule has 2 atom stereocenters. The highest BCUT2D eigenvalue weighted by Gasteiger charge is 2.22. The van der Waals surface area contributed by atoms with E-state index in [1.54, 1.807) is 6.92 Å². The Kier molecular flexibility index (Phi) is 7.83. The van der Waals surface area contributed by atoms with Crippen LogP contribution >= 0.6 is 38.9 Å². The maximum Gasteiger partial charge on any atom is 0.110 e. The minimum atomic E-state index is -0.541. The van der Waals surface area contributed by atoms with Crippen molar-refractivity contribution in [2.45, 2.75) is 19.1 Å². The second-order valence-corrected chi connectivity index (χ2v) is 9.08. The number of nitrogens with zero attached hydrogens (tertiary/aromatic N) is 2. The van der Waals surface area contributed by atoms with E-state index in [1.807, 2.05) is 48.8 Å².